The summed E-state index contributed by atoms with van der Waals surface area (Å²) in [5, 5.41) is 9.01. The van der Waals surface area contributed by atoms with Gasteiger partial charge in [-0.3, -0.25) is 0 Å². The molecule has 0 fully saturated rings. The quantitative estimate of drug-likeness (QED) is 0.841. The Labute approximate surface area is 113 Å². The number of rotatable bonds is 6. The summed E-state index contributed by atoms with van der Waals surface area (Å²) in [4.78, 5) is -0.111. The zero-order valence-electron chi connectivity index (χ0n) is 11.4. The highest BCUT2D eigenvalue weighted by molar-refractivity contribution is 7.89. The van der Waals surface area contributed by atoms with E-state index in [1.807, 2.05) is 13.8 Å². The summed E-state index contributed by atoms with van der Waals surface area (Å²) in [7, 11) is -3.74. The zero-order chi connectivity index (χ0) is 14.6. The number of aliphatic hydroxyl groups is 1. The highest BCUT2D eigenvalue weighted by Gasteiger charge is 2.19. The molecule has 1 aromatic rings. The average molecular weight is 289 g/mol. The Balaban J connectivity index is 3.03. The minimum atomic E-state index is -3.74. The number of sulfonamides is 1. The Hall–Kier alpha value is -0.980. The second kappa shape index (κ2) is 6.45. The van der Waals surface area contributed by atoms with E-state index in [0.29, 0.717) is 18.9 Å². The average Bonchev–Trinajstić information content (AvgIpc) is 2.31. The second-order valence-electron chi connectivity index (χ2n) is 4.94. The van der Waals surface area contributed by atoms with Crippen LogP contribution in [-0.2, 0) is 16.6 Å². The third-order valence-electron chi connectivity index (χ3n) is 2.84. The van der Waals surface area contributed by atoms with E-state index >= 15 is 0 Å². The SMILES string of the molecule is Cc1c(F)cc(CO)cc1S(=O)(=O)NCCC(C)C. The van der Waals surface area contributed by atoms with Gasteiger partial charge >= 0.3 is 0 Å². The summed E-state index contributed by atoms with van der Waals surface area (Å²) < 4.78 is 40.2. The Kier molecular flexibility index (Phi) is 5.46. The normalized spacial score (nSPS) is 12.1. The summed E-state index contributed by atoms with van der Waals surface area (Å²) >= 11 is 0. The van der Waals surface area contributed by atoms with Crippen molar-refractivity contribution in [2.75, 3.05) is 6.54 Å². The first-order valence-corrected chi connectivity index (χ1v) is 7.65. The number of aliphatic hydroxyl groups excluding tert-OH is 1. The number of nitrogens with one attached hydrogen (secondary N) is 1. The first-order chi connectivity index (χ1) is 8.77. The van der Waals surface area contributed by atoms with E-state index in [2.05, 4.69) is 4.72 Å². The van der Waals surface area contributed by atoms with Crippen molar-refractivity contribution in [3.63, 3.8) is 0 Å². The highest BCUT2D eigenvalue weighted by atomic mass is 32.2. The Morgan fingerprint density at radius 1 is 1.37 bits per heavy atom. The maximum Gasteiger partial charge on any atom is 0.240 e. The maximum atomic E-state index is 13.6. The van der Waals surface area contributed by atoms with Gasteiger partial charge in [0.25, 0.3) is 0 Å². The fourth-order valence-electron chi connectivity index (χ4n) is 1.64. The Morgan fingerprint density at radius 3 is 2.53 bits per heavy atom. The van der Waals surface area contributed by atoms with Crippen molar-refractivity contribution in [2.45, 2.75) is 38.7 Å². The molecule has 108 valence electrons. The third kappa shape index (κ3) is 4.26. The van der Waals surface area contributed by atoms with Crippen molar-refractivity contribution in [1.29, 1.82) is 0 Å². The molecule has 0 aromatic heterocycles. The van der Waals surface area contributed by atoms with E-state index in [4.69, 9.17) is 5.11 Å². The van der Waals surface area contributed by atoms with Gasteiger partial charge in [-0.25, -0.2) is 17.5 Å². The number of hydrogen-bond donors (Lipinski definition) is 2. The van der Waals surface area contributed by atoms with Crippen LogP contribution in [0.5, 0.6) is 0 Å². The molecule has 19 heavy (non-hydrogen) atoms. The van der Waals surface area contributed by atoms with E-state index in [-0.39, 0.29) is 16.0 Å². The Morgan fingerprint density at radius 2 is 2.00 bits per heavy atom. The molecule has 6 heteroatoms. The van der Waals surface area contributed by atoms with Crippen LogP contribution in [0.25, 0.3) is 0 Å². The van der Waals surface area contributed by atoms with Crippen molar-refractivity contribution in [3.8, 4) is 0 Å². The van der Waals surface area contributed by atoms with Gasteiger partial charge in [0.05, 0.1) is 11.5 Å². The van der Waals surface area contributed by atoms with Crippen molar-refractivity contribution < 1.29 is 17.9 Å². The van der Waals surface area contributed by atoms with E-state index in [1.54, 1.807) is 0 Å². The van der Waals surface area contributed by atoms with Crippen molar-refractivity contribution in [2.24, 2.45) is 5.92 Å². The van der Waals surface area contributed by atoms with Gasteiger partial charge < -0.3 is 5.11 Å². The predicted molar refractivity (Wildman–Crippen MR) is 71.7 cm³/mol. The van der Waals surface area contributed by atoms with Crippen molar-refractivity contribution in [1.82, 2.24) is 4.72 Å². The molecule has 4 nitrogen and oxygen atoms in total. The molecule has 0 heterocycles. The summed E-state index contributed by atoms with van der Waals surface area (Å²) in [6.45, 7) is 5.31. The molecule has 0 spiro atoms. The predicted octanol–water partition coefficient (Wildman–Crippen LogP) is 1.95. The molecule has 0 atom stereocenters. The molecule has 0 bridgehead atoms. The molecule has 0 aliphatic rings. The molecular formula is C13H20FNO3S. The van der Waals surface area contributed by atoms with Gasteiger partial charge in [0.2, 0.25) is 10.0 Å². The number of hydrogen-bond acceptors (Lipinski definition) is 3. The lowest BCUT2D eigenvalue weighted by atomic mass is 10.1. The van der Waals surface area contributed by atoms with Crippen molar-refractivity contribution >= 4 is 10.0 Å². The van der Waals surface area contributed by atoms with Gasteiger partial charge in [0.1, 0.15) is 5.82 Å². The minimum Gasteiger partial charge on any atom is -0.392 e. The maximum absolute atomic E-state index is 13.6. The summed E-state index contributed by atoms with van der Waals surface area (Å²) in [6.07, 6.45) is 0.709. The fraction of sp³-hybridized carbons (Fsp3) is 0.538. The minimum absolute atomic E-state index is 0.0641. The van der Waals surface area contributed by atoms with Gasteiger partial charge in [-0.05, 0) is 37.0 Å². The van der Waals surface area contributed by atoms with Gasteiger partial charge in [-0.2, -0.15) is 0 Å². The third-order valence-corrected chi connectivity index (χ3v) is 4.43. The highest BCUT2D eigenvalue weighted by Crippen LogP contribution is 2.20. The molecule has 2 N–H and O–H groups in total. The first-order valence-electron chi connectivity index (χ1n) is 6.17. The molecular weight excluding hydrogens is 269 g/mol. The molecule has 1 aromatic carbocycles. The van der Waals surface area contributed by atoms with Gasteiger partial charge in [-0.15, -0.1) is 0 Å². The number of benzene rings is 1. The fourth-order valence-corrected chi connectivity index (χ4v) is 2.99. The summed E-state index contributed by atoms with van der Waals surface area (Å²) in [6, 6.07) is 2.44. The van der Waals surface area contributed by atoms with Crippen molar-refractivity contribution in [3.05, 3.63) is 29.1 Å². The molecule has 0 aliphatic carbocycles. The van der Waals surface area contributed by atoms with Crippen LogP contribution in [0.3, 0.4) is 0 Å². The van der Waals surface area contributed by atoms with E-state index < -0.39 is 22.4 Å². The lowest BCUT2D eigenvalue weighted by Crippen LogP contribution is -2.26. The smallest absolute Gasteiger partial charge is 0.240 e. The van der Waals surface area contributed by atoms with E-state index in [9.17, 15) is 12.8 Å². The zero-order valence-corrected chi connectivity index (χ0v) is 12.2. The second-order valence-corrected chi connectivity index (χ2v) is 6.67. The standard InChI is InChI=1S/C13H20FNO3S/c1-9(2)4-5-15-19(17,18)13-7-11(8-16)6-12(14)10(13)3/h6-7,9,15-16H,4-5,8H2,1-3H3. The largest absolute Gasteiger partial charge is 0.392 e. The lowest BCUT2D eigenvalue weighted by molar-refractivity contribution is 0.281. The van der Waals surface area contributed by atoms with Gasteiger partial charge in [0, 0.05) is 12.1 Å². The van der Waals surface area contributed by atoms with Crippen LogP contribution in [-0.4, -0.2) is 20.1 Å². The topological polar surface area (TPSA) is 66.4 Å². The van der Waals surface area contributed by atoms with Gasteiger partial charge in [-0.1, -0.05) is 13.8 Å². The first kappa shape index (κ1) is 16.1. The van der Waals surface area contributed by atoms with E-state index in [0.717, 1.165) is 6.07 Å². The summed E-state index contributed by atoms with van der Waals surface area (Å²) in [5.74, 6) is -0.250. The van der Waals surface area contributed by atoms with Crippen LogP contribution < -0.4 is 4.72 Å². The molecule has 0 radical (unpaired) electrons. The van der Waals surface area contributed by atoms with E-state index in [1.165, 1.54) is 13.0 Å². The van der Waals surface area contributed by atoms with Crippen LogP contribution >= 0.6 is 0 Å². The van der Waals surface area contributed by atoms with Gasteiger partial charge in [0.15, 0.2) is 0 Å². The molecule has 0 amide bonds. The lowest BCUT2D eigenvalue weighted by Gasteiger charge is -2.12. The van der Waals surface area contributed by atoms with Crippen LogP contribution in [0.15, 0.2) is 17.0 Å². The van der Waals surface area contributed by atoms with Crippen LogP contribution in [0.4, 0.5) is 4.39 Å². The molecule has 0 saturated heterocycles. The van der Waals surface area contributed by atoms with Crippen LogP contribution in [0.1, 0.15) is 31.4 Å². The number of halogens is 1. The molecule has 1 rings (SSSR count). The van der Waals surface area contributed by atoms with Crippen LogP contribution in [0, 0.1) is 18.7 Å². The molecule has 0 saturated carbocycles. The molecule has 0 aliphatic heterocycles. The van der Waals surface area contributed by atoms with Crippen LogP contribution in [0.2, 0.25) is 0 Å². The monoisotopic (exact) mass is 289 g/mol. The molecule has 0 unspecified atom stereocenters. The summed E-state index contributed by atoms with van der Waals surface area (Å²) in [5.41, 5.74) is 0.307. The Bertz CT molecular complexity index is 541.